The number of nitrogens with zero attached hydrogens (tertiary/aromatic N) is 4. The number of nitrogens with one attached hydrogen (secondary N) is 1. The summed E-state index contributed by atoms with van der Waals surface area (Å²) in [5.74, 6) is -0.140. The van der Waals surface area contributed by atoms with Crippen LogP contribution in [0, 0.1) is 6.92 Å². The number of aromatic nitrogens is 3. The van der Waals surface area contributed by atoms with Gasteiger partial charge in [0.25, 0.3) is 5.91 Å². The molecule has 1 aromatic heterocycles. The molecule has 0 aliphatic carbocycles. The van der Waals surface area contributed by atoms with Crippen molar-refractivity contribution in [2.45, 2.75) is 20.8 Å². The van der Waals surface area contributed by atoms with Gasteiger partial charge in [0.2, 0.25) is 0 Å². The standard InChI is InChI=1S/C28H27N5O/c1-4-32(5-2)21-13-15-22(16-14-21)33-30-26-17-19(3)25(18-27(26)31-33)29-28(34)24-12-8-10-20-9-6-7-11-23(20)24/h6-18H,4-5H2,1-3H3,(H,29,34). The SMILES string of the molecule is CCN(CC)c1ccc(-n2nc3cc(C)c(NC(=O)c4cccc5ccccc45)cc3n2)cc1. The second-order valence-corrected chi connectivity index (χ2v) is 8.31. The zero-order valence-corrected chi connectivity index (χ0v) is 19.6. The Labute approximate surface area is 198 Å². The third-order valence-corrected chi connectivity index (χ3v) is 6.22. The molecule has 0 unspecified atom stereocenters. The highest BCUT2D eigenvalue weighted by Crippen LogP contribution is 2.25. The van der Waals surface area contributed by atoms with Crippen LogP contribution in [-0.4, -0.2) is 34.0 Å². The van der Waals surface area contributed by atoms with Crippen molar-refractivity contribution >= 4 is 39.1 Å². The van der Waals surface area contributed by atoms with E-state index in [1.54, 1.807) is 4.80 Å². The lowest BCUT2D eigenvalue weighted by Crippen LogP contribution is -2.21. The first-order chi connectivity index (χ1) is 16.6. The van der Waals surface area contributed by atoms with Crippen LogP contribution in [0.4, 0.5) is 11.4 Å². The van der Waals surface area contributed by atoms with E-state index >= 15 is 0 Å². The summed E-state index contributed by atoms with van der Waals surface area (Å²) in [4.78, 5) is 17.1. The first kappa shape index (κ1) is 21.6. The molecular formula is C28H27N5O. The number of carbonyl (C=O) groups is 1. The fourth-order valence-electron chi connectivity index (χ4n) is 4.32. The van der Waals surface area contributed by atoms with Crippen molar-refractivity contribution in [3.63, 3.8) is 0 Å². The fourth-order valence-corrected chi connectivity index (χ4v) is 4.32. The van der Waals surface area contributed by atoms with Gasteiger partial charge in [-0.05, 0) is 79.6 Å². The third-order valence-electron chi connectivity index (χ3n) is 6.22. The van der Waals surface area contributed by atoms with Crippen LogP contribution in [0.25, 0.3) is 27.5 Å². The lowest BCUT2D eigenvalue weighted by Gasteiger charge is -2.20. The van der Waals surface area contributed by atoms with Crippen molar-refractivity contribution in [1.82, 2.24) is 15.0 Å². The van der Waals surface area contributed by atoms with Gasteiger partial charge in [0.05, 0.1) is 5.69 Å². The summed E-state index contributed by atoms with van der Waals surface area (Å²) < 4.78 is 0. The van der Waals surface area contributed by atoms with Crippen molar-refractivity contribution in [2.24, 2.45) is 0 Å². The largest absolute Gasteiger partial charge is 0.372 e. The summed E-state index contributed by atoms with van der Waals surface area (Å²) in [6, 6.07) is 25.8. The van der Waals surface area contributed by atoms with Crippen LogP contribution in [0.3, 0.4) is 0 Å². The van der Waals surface area contributed by atoms with Crippen molar-refractivity contribution in [3.05, 3.63) is 90.0 Å². The molecule has 170 valence electrons. The van der Waals surface area contributed by atoms with Crippen LogP contribution in [-0.2, 0) is 0 Å². The van der Waals surface area contributed by atoms with Crippen LogP contribution in [0.2, 0.25) is 0 Å². The average molecular weight is 450 g/mol. The minimum Gasteiger partial charge on any atom is -0.372 e. The molecule has 0 atom stereocenters. The summed E-state index contributed by atoms with van der Waals surface area (Å²) in [5, 5.41) is 14.4. The fraction of sp³-hybridized carbons (Fsp3) is 0.179. The number of amides is 1. The second kappa shape index (κ2) is 8.98. The van der Waals surface area contributed by atoms with Gasteiger partial charge in [-0.3, -0.25) is 4.79 Å². The van der Waals surface area contributed by atoms with Crippen molar-refractivity contribution in [1.29, 1.82) is 0 Å². The number of carbonyl (C=O) groups excluding carboxylic acids is 1. The van der Waals surface area contributed by atoms with Gasteiger partial charge in [-0.1, -0.05) is 36.4 Å². The van der Waals surface area contributed by atoms with Crippen LogP contribution >= 0.6 is 0 Å². The second-order valence-electron chi connectivity index (χ2n) is 8.31. The van der Waals surface area contributed by atoms with E-state index in [-0.39, 0.29) is 5.91 Å². The van der Waals surface area contributed by atoms with Gasteiger partial charge in [0.15, 0.2) is 0 Å². The van der Waals surface area contributed by atoms with Crippen molar-refractivity contribution in [3.8, 4) is 5.69 Å². The van der Waals surface area contributed by atoms with Crippen molar-refractivity contribution < 1.29 is 4.79 Å². The molecule has 34 heavy (non-hydrogen) atoms. The number of rotatable bonds is 6. The molecule has 0 saturated carbocycles. The minimum absolute atomic E-state index is 0.140. The maximum absolute atomic E-state index is 13.1. The van der Waals surface area contributed by atoms with E-state index in [2.05, 4.69) is 46.4 Å². The van der Waals surface area contributed by atoms with Crippen molar-refractivity contribution in [2.75, 3.05) is 23.3 Å². The Bertz CT molecular complexity index is 1480. The molecule has 0 aliphatic rings. The smallest absolute Gasteiger partial charge is 0.256 e. The number of fused-ring (bicyclic) bond motifs is 2. The lowest BCUT2D eigenvalue weighted by molar-refractivity contribution is 0.102. The summed E-state index contributed by atoms with van der Waals surface area (Å²) in [5.41, 5.74) is 5.90. The topological polar surface area (TPSA) is 63.1 Å². The number of anilines is 2. The van der Waals surface area contributed by atoms with E-state index in [4.69, 9.17) is 0 Å². The molecule has 0 fully saturated rings. The van der Waals surface area contributed by atoms with E-state index in [9.17, 15) is 4.79 Å². The Hall–Kier alpha value is -4.19. The monoisotopic (exact) mass is 449 g/mol. The minimum atomic E-state index is -0.140. The van der Waals surface area contributed by atoms with E-state index in [1.807, 2.05) is 73.7 Å². The Morgan fingerprint density at radius 1 is 0.882 bits per heavy atom. The first-order valence-electron chi connectivity index (χ1n) is 11.6. The average Bonchev–Trinajstić information content (AvgIpc) is 3.27. The molecule has 6 heteroatoms. The Morgan fingerprint density at radius 3 is 2.29 bits per heavy atom. The molecule has 0 saturated heterocycles. The van der Waals surface area contributed by atoms with Crippen LogP contribution in [0.15, 0.2) is 78.9 Å². The number of hydrogen-bond donors (Lipinski definition) is 1. The van der Waals surface area contributed by atoms with Crippen LogP contribution in [0.5, 0.6) is 0 Å². The molecule has 0 spiro atoms. The van der Waals surface area contributed by atoms with Gasteiger partial charge >= 0.3 is 0 Å². The maximum Gasteiger partial charge on any atom is 0.256 e. The quantitative estimate of drug-likeness (QED) is 0.346. The molecule has 5 rings (SSSR count). The van der Waals surface area contributed by atoms with Gasteiger partial charge in [-0.2, -0.15) is 4.80 Å². The molecule has 1 N–H and O–H groups in total. The maximum atomic E-state index is 13.1. The van der Waals surface area contributed by atoms with Gasteiger partial charge < -0.3 is 10.2 Å². The highest BCUT2D eigenvalue weighted by molar-refractivity contribution is 6.13. The van der Waals surface area contributed by atoms with E-state index in [0.717, 1.165) is 51.8 Å². The molecule has 6 nitrogen and oxygen atoms in total. The zero-order valence-electron chi connectivity index (χ0n) is 19.6. The summed E-state index contributed by atoms with van der Waals surface area (Å²) in [6.07, 6.45) is 0. The van der Waals surface area contributed by atoms with Crippen LogP contribution < -0.4 is 10.2 Å². The molecule has 5 aromatic rings. The van der Waals surface area contributed by atoms with Gasteiger partial charge in [-0.15, -0.1) is 10.2 Å². The number of benzene rings is 4. The first-order valence-corrected chi connectivity index (χ1v) is 11.6. The molecule has 0 bridgehead atoms. The predicted molar refractivity (Wildman–Crippen MR) is 139 cm³/mol. The molecule has 0 aliphatic heterocycles. The van der Waals surface area contributed by atoms with E-state index < -0.39 is 0 Å². The Kier molecular flexibility index (Phi) is 5.72. The molecule has 0 radical (unpaired) electrons. The molecular weight excluding hydrogens is 422 g/mol. The van der Waals surface area contributed by atoms with Gasteiger partial charge in [-0.25, -0.2) is 0 Å². The third kappa shape index (κ3) is 3.99. The summed E-state index contributed by atoms with van der Waals surface area (Å²) in [6.45, 7) is 8.20. The summed E-state index contributed by atoms with van der Waals surface area (Å²) in [7, 11) is 0. The molecule has 4 aromatic carbocycles. The molecule has 1 heterocycles. The molecule has 1 amide bonds. The predicted octanol–water partition coefficient (Wildman–Crippen LogP) is 5.98. The number of aryl methyl sites for hydroxylation is 1. The Balaban J connectivity index is 1.44. The van der Waals surface area contributed by atoms with E-state index in [1.165, 1.54) is 5.69 Å². The van der Waals surface area contributed by atoms with Crippen LogP contribution in [0.1, 0.15) is 29.8 Å². The summed E-state index contributed by atoms with van der Waals surface area (Å²) >= 11 is 0. The van der Waals surface area contributed by atoms with E-state index in [0.29, 0.717) is 5.56 Å². The zero-order chi connectivity index (χ0) is 23.7. The van der Waals surface area contributed by atoms with Gasteiger partial charge in [0.1, 0.15) is 11.0 Å². The highest BCUT2D eigenvalue weighted by atomic mass is 16.1. The Morgan fingerprint density at radius 2 is 1.56 bits per heavy atom. The van der Waals surface area contributed by atoms with Gasteiger partial charge in [0, 0.05) is 30.0 Å². The lowest BCUT2D eigenvalue weighted by atomic mass is 10.0. The normalized spacial score (nSPS) is 11.1. The number of hydrogen-bond acceptors (Lipinski definition) is 4. The highest BCUT2D eigenvalue weighted by Gasteiger charge is 2.14.